The van der Waals surface area contributed by atoms with E-state index in [4.69, 9.17) is 0 Å². The summed E-state index contributed by atoms with van der Waals surface area (Å²) in [6.45, 7) is 3.41. The molecule has 0 bridgehead atoms. The summed E-state index contributed by atoms with van der Waals surface area (Å²) in [6.07, 6.45) is 6.57. The number of carboxylic acids is 1. The maximum absolute atomic E-state index is 12.2. The van der Waals surface area contributed by atoms with Gasteiger partial charge < -0.3 is 20.3 Å². The van der Waals surface area contributed by atoms with Crippen molar-refractivity contribution in [1.29, 1.82) is 0 Å². The first-order chi connectivity index (χ1) is 15.8. The summed E-state index contributed by atoms with van der Waals surface area (Å²) in [7, 11) is 1.72. The molecule has 33 heavy (non-hydrogen) atoms. The van der Waals surface area contributed by atoms with E-state index in [1.807, 2.05) is 34.0 Å². The topological polar surface area (TPSA) is 123 Å². The molecule has 9 heteroatoms. The number of carbonyl (C=O) groups excluding carboxylic acids is 1. The second kappa shape index (κ2) is 10.6. The molecule has 1 atom stereocenters. The third kappa shape index (κ3) is 6.09. The van der Waals surface area contributed by atoms with Crippen LogP contribution in [0.5, 0.6) is 0 Å². The van der Waals surface area contributed by atoms with Crippen LogP contribution in [0.25, 0.3) is 11.1 Å². The van der Waals surface area contributed by atoms with Crippen LogP contribution in [-0.2, 0) is 23.2 Å². The Hall–Kier alpha value is -3.88. The Bertz CT molecular complexity index is 1170. The van der Waals surface area contributed by atoms with E-state index < -0.39 is 11.9 Å². The lowest BCUT2D eigenvalue weighted by Gasteiger charge is -2.21. The number of benzene rings is 1. The number of nitrogens with zero attached hydrogens (tertiary/aromatic N) is 4. The molecule has 1 aliphatic heterocycles. The SMILES string of the molecule is CCC(N)=O.Cn1cc(-c2cnn(Cc3ccccc3)c2)c(N2CCC(C(=O)O)C2)cc1=O. The summed E-state index contributed by atoms with van der Waals surface area (Å²) in [5.41, 5.74) is 8.25. The van der Waals surface area contributed by atoms with E-state index in [0.717, 1.165) is 22.4 Å². The number of carbonyl (C=O) groups is 2. The summed E-state index contributed by atoms with van der Waals surface area (Å²) in [5.74, 6) is -1.44. The van der Waals surface area contributed by atoms with Crippen LogP contribution in [0.15, 0.2) is 59.8 Å². The zero-order chi connectivity index (χ0) is 24.0. The summed E-state index contributed by atoms with van der Waals surface area (Å²) < 4.78 is 3.40. The highest BCUT2D eigenvalue weighted by Gasteiger charge is 2.30. The Balaban J connectivity index is 0.000000555. The number of pyridine rings is 1. The molecular formula is C24H29N5O4. The van der Waals surface area contributed by atoms with Gasteiger partial charge >= 0.3 is 5.97 Å². The molecule has 1 fully saturated rings. The molecule has 1 saturated heterocycles. The number of anilines is 1. The molecule has 2 aromatic heterocycles. The average Bonchev–Trinajstić information content (AvgIpc) is 3.46. The van der Waals surface area contributed by atoms with Crippen LogP contribution in [0.2, 0.25) is 0 Å². The first kappa shape index (κ1) is 23.8. The second-order valence-corrected chi connectivity index (χ2v) is 8.02. The first-order valence-electron chi connectivity index (χ1n) is 10.8. The van der Waals surface area contributed by atoms with E-state index in [2.05, 4.69) is 23.0 Å². The summed E-state index contributed by atoms with van der Waals surface area (Å²) in [6, 6.07) is 11.7. The highest BCUT2D eigenvalue weighted by Crippen LogP contribution is 2.32. The molecule has 1 amide bonds. The van der Waals surface area contributed by atoms with Crippen molar-refractivity contribution >= 4 is 17.6 Å². The Labute approximate surface area is 192 Å². The van der Waals surface area contributed by atoms with Gasteiger partial charge in [0.25, 0.3) is 5.56 Å². The first-order valence-corrected chi connectivity index (χ1v) is 10.8. The van der Waals surface area contributed by atoms with Crippen molar-refractivity contribution in [3.8, 4) is 11.1 Å². The third-order valence-electron chi connectivity index (χ3n) is 5.56. The fourth-order valence-corrected chi connectivity index (χ4v) is 3.64. The maximum Gasteiger partial charge on any atom is 0.308 e. The van der Waals surface area contributed by atoms with Crippen molar-refractivity contribution in [1.82, 2.24) is 14.3 Å². The molecule has 0 spiro atoms. The van der Waals surface area contributed by atoms with Crippen molar-refractivity contribution < 1.29 is 14.7 Å². The molecule has 0 saturated carbocycles. The van der Waals surface area contributed by atoms with Crippen molar-refractivity contribution in [3.05, 3.63) is 70.9 Å². The highest BCUT2D eigenvalue weighted by atomic mass is 16.4. The lowest BCUT2D eigenvalue weighted by atomic mass is 10.1. The fraction of sp³-hybridized carbons (Fsp3) is 0.333. The van der Waals surface area contributed by atoms with Gasteiger partial charge in [-0.2, -0.15) is 5.10 Å². The molecule has 4 rings (SSSR count). The quantitative estimate of drug-likeness (QED) is 0.592. The Kier molecular flexibility index (Phi) is 7.66. The minimum atomic E-state index is -0.788. The fourth-order valence-electron chi connectivity index (χ4n) is 3.64. The summed E-state index contributed by atoms with van der Waals surface area (Å²) in [5, 5.41) is 13.8. The van der Waals surface area contributed by atoms with Gasteiger partial charge in [-0.1, -0.05) is 37.3 Å². The molecular weight excluding hydrogens is 422 g/mol. The van der Waals surface area contributed by atoms with Crippen molar-refractivity contribution in [2.45, 2.75) is 26.3 Å². The monoisotopic (exact) mass is 451 g/mol. The number of hydrogen-bond donors (Lipinski definition) is 2. The number of nitrogens with two attached hydrogens (primary N) is 1. The van der Waals surface area contributed by atoms with Crippen LogP contribution in [0, 0.1) is 5.92 Å². The number of aliphatic carboxylic acids is 1. The summed E-state index contributed by atoms with van der Waals surface area (Å²) >= 11 is 0. The molecule has 0 radical (unpaired) electrons. The Morgan fingerprint density at radius 1 is 1.21 bits per heavy atom. The molecule has 1 aromatic carbocycles. The van der Waals surface area contributed by atoms with Gasteiger partial charge in [-0.05, 0) is 12.0 Å². The van der Waals surface area contributed by atoms with E-state index in [9.17, 15) is 19.5 Å². The number of rotatable bonds is 6. The van der Waals surface area contributed by atoms with Gasteiger partial charge in [0, 0.05) is 56.1 Å². The lowest BCUT2D eigenvalue weighted by Crippen LogP contribution is -2.26. The van der Waals surface area contributed by atoms with Crippen LogP contribution < -0.4 is 16.2 Å². The summed E-state index contributed by atoms with van der Waals surface area (Å²) in [4.78, 5) is 35.1. The molecule has 3 heterocycles. The smallest absolute Gasteiger partial charge is 0.308 e. The highest BCUT2D eigenvalue weighted by molar-refractivity contribution is 5.79. The van der Waals surface area contributed by atoms with Crippen LogP contribution in [0.1, 0.15) is 25.3 Å². The standard InChI is InChI=1S/C21H22N4O3.C3H7NO/c1-23-14-18(17-10-22-25(13-17)11-15-5-3-2-4-6-15)19(9-20(23)26)24-8-7-16(12-24)21(27)28;1-2-3(4)5/h2-6,9-10,13-14,16H,7-8,11-12H2,1H3,(H,27,28);2H2,1H3,(H2,4,5). The zero-order valence-corrected chi connectivity index (χ0v) is 18.8. The number of primary amides is 1. The van der Waals surface area contributed by atoms with Gasteiger partial charge in [0.15, 0.2) is 0 Å². The predicted octanol–water partition coefficient (Wildman–Crippen LogP) is 2.09. The molecule has 3 N–H and O–H groups in total. The van der Waals surface area contributed by atoms with Crippen molar-refractivity contribution in [3.63, 3.8) is 0 Å². The zero-order valence-electron chi connectivity index (χ0n) is 18.8. The van der Waals surface area contributed by atoms with Crippen molar-refractivity contribution in [2.75, 3.05) is 18.0 Å². The Morgan fingerprint density at radius 2 is 1.91 bits per heavy atom. The maximum atomic E-state index is 12.2. The van der Waals surface area contributed by atoms with Gasteiger partial charge in [-0.25, -0.2) is 0 Å². The molecule has 1 aliphatic rings. The Morgan fingerprint density at radius 3 is 2.52 bits per heavy atom. The van der Waals surface area contributed by atoms with Crippen LogP contribution in [0.3, 0.4) is 0 Å². The third-order valence-corrected chi connectivity index (χ3v) is 5.56. The van der Waals surface area contributed by atoms with Gasteiger partial charge in [0.1, 0.15) is 0 Å². The van der Waals surface area contributed by atoms with Crippen molar-refractivity contribution in [2.24, 2.45) is 18.7 Å². The molecule has 9 nitrogen and oxygen atoms in total. The number of aryl methyl sites for hydroxylation is 1. The van der Waals surface area contributed by atoms with Gasteiger partial charge in [-0.3, -0.25) is 19.1 Å². The number of aromatic nitrogens is 3. The second-order valence-electron chi connectivity index (χ2n) is 8.02. The van der Waals surface area contributed by atoms with Gasteiger partial charge in [0.2, 0.25) is 5.91 Å². The van der Waals surface area contributed by atoms with Gasteiger partial charge in [0.05, 0.1) is 24.3 Å². The van der Waals surface area contributed by atoms with E-state index in [1.165, 1.54) is 4.57 Å². The molecule has 1 unspecified atom stereocenters. The normalized spacial score (nSPS) is 15.1. The number of hydrogen-bond acceptors (Lipinski definition) is 5. The average molecular weight is 452 g/mol. The van der Waals surface area contributed by atoms with Gasteiger partial charge in [-0.15, -0.1) is 0 Å². The number of amides is 1. The molecule has 0 aliphatic carbocycles. The van der Waals surface area contributed by atoms with E-state index >= 15 is 0 Å². The van der Waals surface area contributed by atoms with E-state index in [1.54, 1.807) is 32.4 Å². The predicted molar refractivity (Wildman–Crippen MR) is 126 cm³/mol. The largest absolute Gasteiger partial charge is 0.481 e. The number of carboxylic acid groups (broad SMARTS) is 1. The van der Waals surface area contributed by atoms with Crippen LogP contribution in [0.4, 0.5) is 5.69 Å². The minimum absolute atomic E-state index is 0.116. The molecule has 3 aromatic rings. The van der Waals surface area contributed by atoms with E-state index in [0.29, 0.717) is 32.5 Å². The van der Waals surface area contributed by atoms with Crippen LogP contribution >= 0.6 is 0 Å². The van der Waals surface area contributed by atoms with Crippen LogP contribution in [-0.4, -0.2) is 44.4 Å². The lowest BCUT2D eigenvalue weighted by molar-refractivity contribution is -0.140. The van der Waals surface area contributed by atoms with E-state index in [-0.39, 0.29) is 11.5 Å². The minimum Gasteiger partial charge on any atom is -0.481 e. The molecule has 174 valence electrons.